The minimum atomic E-state index is 0.389. The highest BCUT2D eigenvalue weighted by atomic mass is 79.9. The Morgan fingerprint density at radius 2 is 2.05 bits per heavy atom. The average Bonchev–Trinajstić information content (AvgIpc) is 2.92. The molecule has 0 radical (unpaired) electrons. The van der Waals surface area contributed by atoms with Crippen molar-refractivity contribution in [2.75, 3.05) is 5.73 Å². The molecule has 7 heteroatoms. The fourth-order valence-corrected chi connectivity index (χ4v) is 3.09. The summed E-state index contributed by atoms with van der Waals surface area (Å²) in [5, 5.41) is 3.98. The van der Waals surface area contributed by atoms with Gasteiger partial charge in [0.05, 0.1) is 17.7 Å². The third kappa shape index (κ3) is 3.14. The van der Waals surface area contributed by atoms with E-state index in [4.69, 9.17) is 10.3 Å². The van der Waals surface area contributed by atoms with Gasteiger partial charge in [-0.05, 0) is 40.2 Å². The summed E-state index contributed by atoms with van der Waals surface area (Å²) in [5.74, 6) is 0.958. The zero-order valence-electron chi connectivity index (χ0n) is 10.8. The number of pyridine rings is 1. The summed E-state index contributed by atoms with van der Waals surface area (Å²) in [7, 11) is 0. The molecule has 2 N–H and O–H groups in total. The van der Waals surface area contributed by atoms with Crippen LogP contribution in [-0.2, 0) is 6.42 Å². The predicted molar refractivity (Wildman–Crippen MR) is 86.6 cm³/mol. The maximum atomic E-state index is 6.04. The van der Waals surface area contributed by atoms with Crippen molar-refractivity contribution in [2.24, 2.45) is 0 Å². The summed E-state index contributed by atoms with van der Waals surface area (Å²) < 4.78 is 6.96. The Balaban J connectivity index is 1.92. The molecule has 3 aromatic rings. The number of nitrogen functional groups attached to an aromatic ring is 1. The zero-order chi connectivity index (χ0) is 14.8. The molecule has 0 spiro atoms. The highest BCUT2D eigenvalue weighted by Crippen LogP contribution is 2.34. The van der Waals surface area contributed by atoms with Crippen LogP contribution in [0.15, 0.2) is 50.0 Å². The summed E-state index contributed by atoms with van der Waals surface area (Å²) in [5.41, 5.74) is 8.17. The molecule has 0 aliphatic heterocycles. The van der Waals surface area contributed by atoms with Crippen LogP contribution < -0.4 is 5.73 Å². The SMILES string of the molecule is Nc1c(Br)cc(Br)cc1-c1nc(Cc2ccccn2)no1. The second-order valence-corrected chi connectivity index (χ2v) is 6.13. The average molecular weight is 410 g/mol. The lowest BCUT2D eigenvalue weighted by Crippen LogP contribution is -1.94. The van der Waals surface area contributed by atoms with Gasteiger partial charge in [-0.1, -0.05) is 27.2 Å². The van der Waals surface area contributed by atoms with Gasteiger partial charge < -0.3 is 10.3 Å². The minimum absolute atomic E-state index is 0.389. The minimum Gasteiger partial charge on any atom is -0.397 e. The van der Waals surface area contributed by atoms with Crippen molar-refractivity contribution in [2.45, 2.75) is 6.42 Å². The second-order valence-electron chi connectivity index (χ2n) is 4.36. The van der Waals surface area contributed by atoms with Crippen LogP contribution in [0.1, 0.15) is 11.5 Å². The lowest BCUT2D eigenvalue weighted by atomic mass is 10.2. The van der Waals surface area contributed by atoms with Crippen molar-refractivity contribution in [3.8, 4) is 11.5 Å². The Kier molecular flexibility index (Phi) is 4.03. The van der Waals surface area contributed by atoms with Crippen molar-refractivity contribution in [3.05, 3.63) is 57.0 Å². The third-order valence-electron chi connectivity index (χ3n) is 2.86. The van der Waals surface area contributed by atoms with E-state index >= 15 is 0 Å². The first-order valence-corrected chi connectivity index (χ1v) is 7.69. The van der Waals surface area contributed by atoms with Crippen molar-refractivity contribution >= 4 is 37.5 Å². The number of aromatic nitrogens is 3. The summed E-state index contributed by atoms with van der Waals surface area (Å²) in [6.07, 6.45) is 2.25. The highest BCUT2D eigenvalue weighted by molar-refractivity contribution is 9.11. The molecule has 0 saturated heterocycles. The van der Waals surface area contributed by atoms with E-state index in [1.807, 2.05) is 30.3 Å². The van der Waals surface area contributed by atoms with E-state index in [9.17, 15) is 0 Å². The number of rotatable bonds is 3. The van der Waals surface area contributed by atoms with Crippen molar-refractivity contribution in [1.82, 2.24) is 15.1 Å². The van der Waals surface area contributed by atoms with Gasteiger partial charge >= 0.3 is 0 Å². The number of hydrogen-bond acceptors (Lipinski definition) is 5. The van der Waals surface area contributed by atoms with Gasteiger partial charge in [-0.3, -0.25) is 4.98 Å². The third-order valence-corrected chi connectivity index (χ3v) is 3.97. The van der Waals surface area contributed by atoms with Gasteiger partial charge in [0.1, 0.15) is 0 Å². The normalized spacial score (nSPS) is 10.8. The van der Waals surface area contributed by atoms with Gasteiger partial charge in [0.15, 0.2) is 5.82 Å². The van der Waals surface area contributed by atoms with Gasteiger partial charge in [-0.2, -0.15) is 4.98 Å². The van der Waals surface area contributed by atoms with Crippen molar-refractivity contribution in [3.63, 3.8) is 0 Å². The molecule has 0 aliphatic carbocycles. The number of halogens is 2. The van der Waals surface area contributed by atoms with Crippen LogP contribution in [0.25, 0.3) is 11.5 Å². The first-order chi connectivity index (χ1) is 10.1. The van der Waals surface area contributed by atoms with Gasteiger partial charge in [-0.15, -0.1) is 0 Å². The number of benzene rings is 1. The van der Waals surface area contributed by atoms with Gasteiger partial charge in [0, 0.05) is 20.8 Å². The van der Waals surface area contributed by atoms with E-state index in [-0.39, 0.29) is 0 Å². The molecule has 3 rings (SSSR count). The summed E-state index contributed by atoms with van der Waals surface area (Å²) in [4.78, 5) is 8.62. The Labute approximate surface area is 137 Å². The molecule has 5 nitrogen and oxygen atoms in total. The van der Waals surface area contributed by atoms with Gasteiger partial charge in [-0.25, -0.2) is 0 Å². The standard InChI is InChI=1S/C14H10Br2N4O/c15-8-5-10(13(17)11(16)6-8)14-19-12(20-21-14)7-9-3-1-2-4-18-9/h1-6H,7,17H2. The van der Waals surface area contributed by atoms with E-state index < -0.39 is 0 Å². The maximum absolute atomic E-state index is 6.04. The summed E-state index contributed by atoms with van der Waals surface area (Å²) >= 11 is 6.82. The lowest BCUT2D eigenvalue weighted by molar-refractivity contribution is 0.424. The van der Waals surface area contributed by atoms with E-state index in [0.29, 0.717) is 29.4 Å². The zero-order valence-corrected chi connectivity index (χ0v) is 13.9. The highest BCUT2D eigenvalue weighted by Gasteiger charge is 2.15. The van der Waals surface area contributed by atoms with Crippen LogP contribution >= 0.6 is 31.9 Å². The maximum Gasteiger partial charge on any atom is 0.260 e. The van der Waals surface area contributed by atoms with Crippen molar-refractivity contribution < 1.29 is 4.52 Å². The van der Waals surface area contributed by atoms with E-state index in [1.165, 1.54) is 0 Å². The molecular formula is C14H10Br2N4O. The molecule has 0 fully saturated rings. The molecule has 0 amide bonds. The lowest BCUT2D eigenvalue weighted by Gasteiger charge is -2.04. The van der Waals surface area contributed by atoms with Crippen LogP contribution in [0.5, 0.6) is 0 Å². The second kappa shape index (κ2) is 5.95. The first kappa shape index (κ1) is 14.2. The molecule has 0 atom stereocenters. The summed E-state index contributed by atoms with van der Waals surface area (Å²) in [6, 6.07) is 9.42. The molecule has 0 saturated carbocycles. The van der Waals surface area contributed by atoms with Crippen LogP contribution in [-0.4, -0.2) is 15.1 Å². The molecule has 0 unspecified atom stereocenters. The van der Waals surface area contributed by atoms with E-state index in [1.54, 1.807) is 6.20 Å². The van der Waals surface area contributed by atoms with Crippen molar-refractivity contribution in [1.29, 1.82) is 0 Å². The van der Waals surface area contributed by atoms with E-state index in [0.717, 1.165) is 14.6 Å². The quantitative estimate of drug-likeness (QED) is 0.665. The number of anilines is 1. The first-order valence-electron chi connectivity index (χ1n) is 6.11. The Hall–Kier alpha value is -1.73. The van der Waals surface area contributed by atoms with Crippen LogP contribution in [0.4, 0.5) is 5.69 Å². The number of hydrogen-bond donors (Lipinski definition) is 1. The molecule has 106 valence electrons. The molecule has 0 aliphatic rings. The molecule has 21 heavy (non-hydrogen) atoms. The van der Waals surface area contributed by atoms with Gasteiger partial charge in [0.2, 0.25) is 0 Å². The Morgan fingerprint density at radius 1 is 1.19 bits per heavy atom. The molecule has 2 heterocycles. The Morgan fingerprint density at radius 3 is 2.81 bits per heavy atom. The number of nitrogens with zero attached hydrogens (tertiary/aromatic N) is 3. The smallest absolute Gasteiger partial charge is 0.260 e. The monoisotopic (exact) mass is 408 g/mol. The largest absolute Gasteiger partial charge is 0.397 e. The predicted octanol–water partition coefficient (Wildman–Crippen LogP) is 3.83. The number of nitrogens with two attached hydrogens (primary N) is 1. The molecule has 2 aromatic heterocycles. The molecular weight excluding hydrogens is 400 g/mol. The fraction of sp³-hybridized carbons (Fsp3) is 0.0714. The molecule has 1 aromatic carbocycles. The Bertz CT molecular complexity index is 774. The fourth-order valence-electron chi connectivity index (χ4n) is 1.86. The van der Waals surface area contributed by atoms with Crippen LogP contribution in [0, 0.1) is 0 Å². The van der Waals surface area contributed by atoms with Crippen LogP contribution in [0.3, 0.4) is 0 Å². The van der Waals surface area contributed by atoms with Crippen LogP contribution in [0.2, 0.25) is 0 Å². The molecule has 0 bridgehead atoms. The van der Waals surface area contributed by atoms with E-state index in [2.05, 4.69) is 47.0 Å². The van der Waals surface area contributed by atoms with Gasteiger partial charge in [0.25, 0.3) is 5.89 Å². The summed E-state index contributed by atoms with van der Waals surface area (Å²) in [6.45, 7) is 0. The topological polar surface area (TPSA) is 77.8 Å².